The van der Waals surface area contributed by atoms with Gasteiger partial charge in [0.2, 0.25) is 0 Å². The standard InChI is InChI=1S/C16H14F2N2O3/c1-22-14-7-6-11(8-13(14)18)9-19-20-16(21)10-23-15-5-3-2-4-12(15)17/h2-9H,10H2,1H3,(H,20,21)/b19-9-. The van der Waals surface area contributed by atoms with Crippen LogP contribution in [0.5, 0.6) is 11.5 Å². The number of ether oxygens (including phenoxy) is 2. The summed E-state index contributed by atoms with van der Waals surface area (Å²) in [5, 5.41) is 3.67. The molecule has 2 rings (SSSR count). The molecule has 0 fully saturated rings. The van der Waals surface area contributed by atoms with Gasteiger partial charge in [-0.25, -0.2) is 14.2 Å². The predicted molar refractivity (Wildman–Crippen MR) is 80.6 cm³/mol. The van der Waals surface area contributed by atoms with Crippen molar-refractivity contribution >= 4 is 12.1 Å². The highest BCUT2D eigenvalue weighted by atomic mass is 19.1. The Morgan fingerprint density at radius 3 is 2.65 bits per heavy atom. The number of benzene rings is 2. The van der Waals surface area contributed by atoms with Crippen molar-refractivity contribution < 1.29 is 23.0 Å². The van der Waals surface area contributed by atoms with Gasteiger partial charge in [0, 0.05) is 0 Å². The zero-order valence-electron chi connectivity index (χ0n) is 12.3. The van der Waals surface area contributed by atoms with Gasteiger partial charge in [0.1, 0.15) is 0 Å². The van der Waals surface area contributed by atoms with Gasteiger partial charge in [-0.1, -0.05) is 12.1 Å². The number of carbonyl (C=O) groups excluding carboxylic acids is 1. The third-order valence-corrected chi connectivity index (χ3v) is 2.77. The fraction of sp³-hybridized carbons (Fsp3) is 0.125. The first-order chi connectivity index (χ1) is 11.1. The van der Waals surface area contributed by atoms with Gasteiger partial charge < -0.3 is 9.47 Å². The lowest BCUT2D eigenvalue weighted by Gasteiger charge is -2.05. The Labute approximate surface area is 131 Å². The summed E-state index contributed by atoms with van der Waals surface area (Å²) in [6.45, 7) is -0.394. The second-order valence-corrected chi connectivity index (χ2v) is 4.41. The predicted octanol–water partition coefficient (Wildman–Crippen LogP) is 2.50. The molecule has 0 heterocycles. The highest BCUT2D eigenvalue weighted by molar-refractivity contribution is 5.83. The Morgan fingerprint density at radius 1 is 1.17 bits per heavy atom. The van der Waals surface area contributed by atoms with E-state index in [0.29, 0.717) is 5.56 Å². The van der Waals surface area contributed by atoms with Crippen molar-refractivity contribution in [2.24, 2.45) is 5.10 Å². The maximum absolute atomic E-state index is 13.5. The molecule has 0 bridgehead atoms. The molecule has 23 heavy (non-hydrogen) atoms. The van der Waals surface area contributed by atoms with E-state index < -0.39 is 24.1 Å². The molecular formula is C16H14F2N2O3. The molecule has 0 atom stereocenters. The van der Waals surface area contributed by atoms with E-state index in [9.17, 15) is 13.6 Å². The molecule has 0 unspecified atom stereocenters. The van der Waals surface area contributed by atoms with Crippen LogP contribution in [0, 0.1) is 11.6 Å². The Bertz CT molecular complexity index is 720. The van der Waals surface area contributed by atoms with Crippen LogP contribution < -0.4 is 14.9 Å². The van der Waals surface area contributed by atoms with Crippen molar-refractivity contribution in [1.29, 1.82) is 0 Å². The third kappa shape index (κ3) is 4.77. The van der Waals surface area contributed by atoms with Gasteiger partial charge in [-0.05, 0) is 35.9 Å². The second kappa shape index (κ2) is 7.88. The number of nitrogens with zero attached hydrogens (tertiary/aromatic N) is 1. The van der Waals surface area contributed by atoms with Crippen molar-refractivity contribution in [2.45, 2.75) is 0 Å². The number of carbonyl (C=O) groups is 1. The molecule has 7 heteroatoms. The van der Waals surface area contributed by atoms with Crippen LogP contribution in [0.2, 0.25) is 0 Å². The Balaban J connectivity index is 1.84. The zero-order valence-corrected chi connectivity index (χ0v) is 12.3. The summed E-state index contributed by atoms with van der Waals surface area (Å²) < 4.78 is 36.5. The molecule has 0 aromatic heterocycles. The molecule has 2 aromatic rings. The van der Waals surface area contributed by atoms with Gasteiger partial charge in [0.15, 0.2) is 29.7 Å². The monoisotopic (exact) mass is 320 g/mol. The number of para-hydroxylation sites is 1. The average Bonchev–Trinajstić information content (AvgIpc) is 2.54. The van der Waals surface area contributed by atoms with E-state index in [-0.39, 0.29) is 11.5 Å². The minimum absolute atomic E-state index is 0.0242. The van der Waals surface area contributed by atoms with Crippen LogP contribution in [0.15, 0.2) is 47.6 Å². The SMILES string of the molecule is COc1ccc(/C=N\NC(=O)COc2ccccc2F)cc1F. The third-order valence-electron chi connectivity index (χ3n) is 2.77. The molecular weight excluding hydrogens is 306 g/mol. The number of rotatable bonds is 6. The summed E-state index contributed by atoms with van der Waals surface area (Å²) in [4.78, 5) is 11.5. The normalized spacial score (nSPS) is 10.6. The molecule has 2 aromatic carbocycles. The van der Waals surface area contributed by atoms with E-state index in [1.54, 1.807) is 12.1 Å². The van der Waals surface area contributed by atoms with Crippen LogP contribution in [0.25, 0.3) is 0 Å². The van der Waals surface area contributed by atoms with E-state index in [4.69, 9.17) is 9.47 Å². The summed E-state index contributed by atoms with van der Waals surface area (Å²) in [6, 6.07) is 9.97. The number of amides is 1. The molecule has 0 aliphatic rings. The Morgan fingerprint density at radius 2 is 1.96 bits per heavy atom. The van der Waals surface area contributed by atoms with Gasteiger partial charge >= 0.3 is 0 Å². The number of nitrogens with one attached hydrogen (secondary N) is 1. The molecule has 0 saturated carbocycles. The van der Waals surface area contributed by atoms with Crippen molar-refractivity contribution in [3.63, 3.8) is 0 Å². The lowest BCUT2D eigenvalue weighted by molar-refractivity contribution is -0.123. The van der Waals surface area contributed by atoms with Gasteiger partial charge in [0.05, 0.1) is 13.3 Å². The fourth-order valence-corrected chi connectivity index (χ4v) is 1.68. The minimum Gasteiger partial charge on any atom is -0.494 e. The summed E-state index contributed by atoms with van der Waals surface area (Å²) in [5.74, 6) is -1.57. The quantitative estimate of drug-likeness (QED) is 0.657. The Kier molecular flexibility index (Phi) is 5.62. The first-order valence-corrected chi connectivity index (χ1v) is 6.63. The number of hydrogen-bond donors (Lipinski definition) is 1. The van der Waals surface area contributed by atoms with Gasteiger partial charge in [0.25, 0.3) is 5.91 Å². The number of hydrazone groups is 1. The highest BCUT2D eigenvalue weighted by Crippen LogP contribution is 2.16. The van der Waals surface area contributed by atoms with Crippen LogP contribution in [0.3, 0.4) is 0 Å². The first kappa shape index (κ1) is 16.4. The molecule has 0 spiro atoms. The topological polar surface area (TPSA) is 59.9 Å². The largest absolute Gasteiger partial charge is 0.494 e. The molecule has 0 radical (unpaired) electrons. The van der Waals surface area contributed by atoms with Crippen LogP contribution in [-0.2, 0) is 4.79 Å². The number of halogens is 2. The van der Waals surface area contributed by atoms with E-state index >= 15 is 0 Å². The van der Waals surface area contributed by atoms with E-state index in [1.165, 1.54) is 43.7 Å². The minimum atomic E-state index is -0.571. The average molecular weight is 320 g/mol. The van der Waals surface area contributed by atoms with Crippen molar-refractivity contribution in [3.8, 4) is 11.5 Å². The van der Waals surface area contributed by atoms with Gasteiger partial charge in [-0.15, -0.1) is 0 Å². The lowest BCUT2D eigenvalue weighted by atomic mass is 10.2. The smallest absolute Gasteiger partial charge is 0.277 e. The molecule has 5 nitrogen and oxygen atoms in total. The fourth-order valence-electron chi connectivity index (χ4n) is 1.68. The zero-order chi connectivity index (χ0) is 16.7. The first-order valence-electron chi connectivity index (χ1n) is 6.63. The number of methoxy groups -OCH3 is 1. The maximum atomic E-state index is 13.5. The molecule has 0 saturated heterocycles. The molecule has 1 amide bonds. The molecule has 120 valence electrons. The van der Waals surface area contributed by atoms with Gasteiger partial charge in [-0.2, -0.15) is 5.10 Å². The summed E-state index contributed by atoms with van der Waals surface area (Å²) in [7, 11) is 1.36. The highest BCUT2D eigenvalue weighted by Gasteiger charge is 2.05. The Hall–Kier alpha value is -2.96. The van der Waals surface area contributed by atoms with Crippen LogP contribution in [0.1, 0.15) is 5.56 Å². The van der Waals surface area contributed by atoms with Crippen LogP contribution in [0.4, 0.5) is 8.78 Å². The van der Waals surface area contributed by atoms with Crippen molar-refractivity contribution in [2.75, 3.05) is 13.7 Å². The lowest BCUT2D eigenvalue weighted by Crippen LogP contribution is -2.24. The van der Waals surface area contributed by atoms with E-state index in [0.717, 1.165) is 0 Å². The molecule has 0 aliphatic heterocycles. The van der Waals surface area contributed by atoms with Crippen LogP contribution in [-0.4, -0.2) is 25.8 Å². The van der Waals surface area contributed by atoms with Crippen molar-refractivity contribution in [3.05, 3.63) is 59.7 Å². The van der Waals surface area contributed by atoms with Crippen molar-refractivity contribution in [1.82, 2.24) is 5.43 Å². The summed E-state index contributed by atoms with van der Waals surface area (Å²) >= 11 is 0. The van der Waals surface area contributed by atoms with Gasteiger partial charge in [-0.3, -0.25) is 4.79 Å². The van der Waals surface area contributed by atoms with Crippen LogP contribution >= 0.6 is 0 Å². The maximum Gasteiger partial charge on any atom is 0.277 e. The van der Waals surface area contributed by atoms with E-state index in [2.05, 4.69) is 10.5 Å². The number of hydrogen-bond acceptors (Lipinski definition) is 4. The molecule has 1 N–H and O–H groups in total. The summed E-state index contributed by atoms with van der Waals surface area (Å²) in [6.07, 6.45) is 1.27. The van der Waals surface area contributed by atoms with E-state index in [1.807, 2.05) is 0 Å². The summed E-state index contributed by atoms with van der Waals surface area (Å²) in [5.41, 5.74) is 2.64. The second-order valence-electron chi connectivity index (χ2n) is 4.41. The molecule has 0 aliphatic carbocycles.